The molecule has 0 saturated carbocycles. The molecule has 0 aliphatic carbocycles. The van der Waals surface area contributed by atoms with Crippen LogP contribution in [0, 0.1) is 5.92 Å². The topological polar surface area (TPSA) is 102 Å². The maximum absolute atomic E-state index is 11.9. The monoisotopic (exact) mass is 303 g/mol. The molecule has 8 nitrogen and oxygen atoms in total. The van der Waals surface area contributed by atoms with Crippen molar-refractivity contribution < 1.29 is 22.5 Å². The second kappa shape index (κ2) is 5.90. The molecule has 0 aromatic carbocycles. The summed E-state index contributed by atoms with van der Waals surface area (Å²) < 4.78 is 34.8. The summed E-state index contributed by atoms with van der Waals surface area (Å²) in [5.41, 5.74) is 0.158. The molecule has 0 bridgehead atoms. The van der Waals surface area contributed by atoms with Crippen molar-refractivity contribution in [2.24, 2.45) is 5.92 Å². The number of amides is 1. The Labute approximate surface area is 117 Å². The molecule has 1 aromatic heterocycles. The Hall–Kier alpha value is -1.45. The van der Waals surface area contributed by atoms with Gasteiger partial charge in [-0.3, -0.25) is 4.79 Å². The number of nitrogens with zero attached hydrogens (tertiary/aromatic N) is 2. The average Bonchev–Trinajstić information content (AvgIpc) is 3.00. The van der Waals surface area contributed by atoms with Gasteiger partial charge < -0.3 is 14.6 Å². The maximum Gasteiger partial charge on any atom is 0.273 e. The number of carbonyl (C=O) groups excluding carboxylic acids is 1. The van der Waals surface area contributed by atoms with Gasteiger partial charge in [-0.15, -0.1) is 0 Å². The first-order chi connectivity index (χ1) is 9.40. The minimum Gasteiger partial charge on any atom is -0.379 e. The lowest BCUT2D eigenvalue weighted by atomic mass is 10.1. The normalized spacial score (nSPS) is 23.1. The van der Waals surface area contributed by atoms with Gasteiger partial charge in [0.25, 0.3) is 5.91 Å². The van der Waals surface area contributed by atoms with E-state index in [1.165, 1.54) is 30.7 Å². The summed E-state index contributed by atoms with van der Waals surface area (Å²) in [5, 5.41) is 6.26. The van der Waals surface area contributed by atoms with Crippen LogP contribution in [-0.4, -0.2) is 62.9 Å². The summed E-state index contributed by atoms with van der Waals surface area (Å²) >= 11 is 0. The molecule has 1 aromatic rings. The zero-order chi connectivity index (χ0) is 14.8. The van der Waals surface area contributed by atoms with E-state index < -0.39 is 15.9 Å². The summed E-state index contributed by atoms with van der Waals surface area (Å²) in [5.74, 6) is -0.746. The largest absolute Gasteiger partial charge is 0.379 e. The van der Waals surface area contributed by atoms with Crippen LogP contribution < -0.4 is 5.32 Å². The van der Waals surface area contributed by atoms with E-state index in [0.29, 0.717) is 6.61 Å². The Morgan fingerprint density at radius 1 is 1.50 bits per heavy atom. The van der Waals surface area contributed by atoms with E-state index in [4.69, 9.17) is 4.74 Å². The molecule has 1 fully saturated rings. The van der Waals surface area contributed by atoms with Crippen LogP contribution in [0.2, 0.25) is 0 Å². The van der Waals surface area contributed by atoms with Gasteiger partial charge >= 0.3 is 0 Å². The number of nitrogens with one attached hydrogen (secondary N) is 1. The van der Waals surface area contributed by atoms with Crippen LogP contribution in [0.4, 0.5) is 0 Å². The van der Waals surface area contributed by atoms with Gasteiger partial charge in [-0.1, -0.05) is 5.16 Å². The lowest BCUT2D eigenvalue weighted by Gasteiger charge is -2.20. The first kappa shape index (κ1) is 14.9. The number of ether oxygens (including phenoxy) is 1. The third-order valence-corrected chi connectivity index (χ3v) is 5.13. The van der Waals surface area contributed by atoms with Gasteiger partial charge in [0.05, 0.1) is 25.0 Å². The second-order valence-corrected chi connectivity index (χ2v) is 7.05. The molecule has 112 valence electrons. The van der Waals surface area contributed by atoms with E-state index in [-0.39, 0.29) is 30.0 Å². The average molecular weight is 303 g/mol. The maximum atomic E-state index is 11.9. The van der Waals surface area contributed by atoms with Crippen LogP contribution >= 0.6 is 0 Å². The molecule has 1 aliphatic heterocycles. The fourth-order valence-corrected chi connectivity index (χ4v) is 3.08. The van der Waals surface area contributed by atoms with Gasteiger partial charge in [0.15, 0.2) is 5.69 Å². The fraction of sp³-hybridized carbons (Fsp3) is 0.636. The SMILES string of the molecule is CN(C)S(=O)(=O)C[C@@H]1COC[C@@H]1NC(=O)c1ccon1. The van der Waals surface area contributed by atoms with E-state index >= 15 is 0 Å². The Bertz CT molecular complexity index is 555. The van der Waals surface area contributed by atoms with Crippen LogP contribution in [0.25, 0.3) is 0 Å². The third-order valence-electron chi connectivity index (χ3n) is 3.17. The van der Waals surface area contributed by atoms with Crippen molar-refractivity contribution in [3.63, 3.8) is 0 Å². The molecule has 1 amide bonds. The molecule has 9 heteroatoms. The summed E-state index contributed by atoms with van der Waals surface area (Å²) in [4.78, 5) is 11.9. The van der Waals surface area contributed by atoms with Crippen molar-refractivity contribution in [1.29, 1.82) is 0 Å². The van der Waals surface area contributed by atoms with Crippen molar-refractivity contribution in [1.82, 2.24) is 14.8 Å². The highest BCUT2D eigenvalue weighted by molar-refractivity contribution is 7.89. The number of carbonyl (C=O) groups is 1. The predicted octanol–water partition coefficient (Wildman–Crippen LogP) is -0.689. The molecule has 1 aliphatic rings. The van der Waals surface area contributed by atoms with Gasteiger partial charge in [-0.05, 0) is 0 Å². The summed E-state index contributed by atoms with van der Waals surface area (Å²) in [7, 11) is -0.376. The Morgan fingerprint density at radius 3 is 2.85 bits per heavy atom. The predicted molar refractivity (Wildman–Crippen MR) is 69.5 cm³/mol. The van der Waals surface area contributed by atoms with Crippen molar-refractivity contribution in [2.45, 2.75) is 6.04 Å². The molecule has 20 heavy (non-hydrogen) atoms. The molecule has 0 unspecified atom stereocenters. The molecule has 0 radical (unpaired) electrons. The fourth-order valence-electron chi connectivity index (χ4n) is 1.91. The summed E-state index contributed by atoms with van der Waals surface area (Å²) in [6.45, 7) is 0.591. The van der Waals surface area contributed by atoms with Crippen molar-refractivity contribution in [2.75, 3.05) is 33.1 Å². The zero-order valence-corrected chi connectivity index (χ0v) is 12.1. The summed E-state index contributed by atoms with van der Waals surface area (Å²) in [6.07, 6.45) is 1.30. The van der Waals surface area contributed by atoms with Gasteiger partial charge in [0.1, 0.15) is 6.26 Å². The number of hydrogen-bond acceptors (Lipinski definition) is 6. The molecule has 2 rings (SSSR count). The minimum absolute atomic E-state index is 0.0657. The molecule has 2 atom stereocenters. The highest BCUT2D eigenvalue weighted by Gasteiger charge is 2.34. The first-order valence-electron chi connectivity index (χ1n) is 6.09. The lowest BCUT2D eigenvalue weighted by molar-refractivity contribution is 0.0917. The van der Waals surface area contributed by atoms with E-state index in [1.54, 1.807) is 0 Å². The number of aromatic nitrogens is 1. The number of hydrogen-bond donors (Lipinski definition) is 1. The van der Waals surface area contributed by atoms with Crippen LogP contribution in [0.15, 0.2) is 16.9 Å². The number of rotatable bonds is 5. The van der Waals surface area contributed by atoms with Gasteiger partial charge in [0, 0.05) is 26.1 Å². The smallest absolute Gasteiger partial charge is 0.273 e. The zero-order valence-electron chi connectivity index (χ0n) is 11.3. The van der Waals surface area contributed by atoms with Crippen molar-refractivity contribution in [3.8, 4) is 0 Å². The minimum atomic E-state index is -3.34. The molecule has 1 saturated heterocycles. The molecular formula is C11H17N3O5S. The highest BCUT2D eigenvalue weighted by Crippen LogP contribution is 2.17. The van der Waals surface area contributed by atoms with Crippen LogP contribution in [0.3, 0.4) is 0 Å². The van der Waals surface area contributed by atoms with Gasteiger partial charge in [-0.2, -0.15) is 0 Å². The van der Waals surface area contributed by atoms with Gasteiger partial charge in [0.2, 0.25) is 10.0 Å². The lowest BCUT2D eigenvalue weighted by Crippen LogP contribution is -2.43. The quantitative estimate of drug-likeness (QED) is 0.772. The van der Waals surface area contributed by atoms with E-state index in [9.17, 15) is 13.2 Å². The van der Waals surface area contributed by atoms with Crippen LogP contribution in [-0.2, 0) is 14.8 Å². The molecule has 0 spiro atoms. The highest BCUT2D eigenvalue weighted by atomic mass is 32.2. The van der Waals surface area contributed by atoms with Crippen molar-refractivity contribution in [3.05, 3.63) is 18.0 Å². The first-order valence-corrected chi connectivity index (χ1v) is 7.70. The summed E-state index contributed by atoms with van der Waals surface area (Å²) in [6, 6.07) is 1.09. The van der Waals surface area contributed by atoms with E-state index in [1.807, 2.05) is 0 Å². The third kappa shape index (κ3) is 3.35. The van der Waals surface area contributed by atoms with E-state index in [2.05, 4.69) is 15.0 Å². The second-order valence-electron chi connectivity index (χ2n) is 4.82. The molecule has 1 N–H and O–H groups in total. The Morgan fingerprint density at radius 2 is 2.25 bits per heavy atom. The number of sulfonamides is 1. The Kier molecular flexibility index (Phi) is 4.41. The van der Waals surface area contributed by atoms with Crippen LogP contribution in [0.1, 0.15) is 10.5 Å². The Balaban J connectivity index is 1.99. The van der Waals surface area contributed by atoms with Gasteiger partial charge in [-0.25, -0.2) is 12.7 Å². The van der Waals surface area contributed by atoms with Crippen molar-refractivity contribution >= 4 is 15.9 Å². The molecule has 2 heterocycles. The van der Waals surface area contributed by atoms with Crippen LogP contribution in [0.5, 0.6) is 0 Å². The van der Waals surface area contributed by atoms with E-state index in [0.717, 1.165) is 0 Å². The molecular weight excluding hydrogens is 286 g/mol. The standard InChI is InChI=1S/C11H17N3O5S/c1-14(2)20(16,17)7-8-5-18-6-10(8)12-11(15)9-3-4-19-13-9/h3-4,8,10H,5-7H2,1-2H3,(H,12,15)/t8-,10-/m0/s1.